The monoisotopic (exact) mass is 678 g/mol. The molecule has 1 aromatic rings. The van der Waals surface area contributed by atoms with Gasteiger partial charge in [0, 0.05) is 23.0 Å². The van der Waals surface area contributed by atoms with Gasteiger partial charge >= 0.3 is 83.4 Å². The maximum atomic E-state index is 4.95. The summed E-state index contributed by atoms with van der Waals surface area (Å²) in [6.07, 6.45) is 8.75. The molecule has 0 nitrogen and oxygen atoms in total. The van der Waals surface area contributed by atoms with Crippen LogP contribution in [0.15, 0.2) is 12.1 Å². The second-order valence-corrected chi connectivity index (χ2v) is 25.5. The summed E-state index contributed by atoms with van der Waals surface area (Å²) in [6.45, 7) is 0. The van der Waals surface area contributed by atoms with E-state index in [2.05, 4.69) is 37.2 Å². The van der Waals surface area contributed by atoms with Crippen molar-refractivity contribution in [2.24, 2.45) is 0 Å². The molecule has 0 spiro atoms. The van der Waals surface area contributed by atoms with Crippen LogP contribution in [0.1, 0.15) is 22.3 Å². The van der Waals surface area contributed by atoms with E-state index in [1.807, 2.05) is 47.0 Å². The van der Waals surface area contributed by atoms with E-state index in [4.69, 9.17) is 59.7 Å². The first-order valence-electron chi connectivity index (χ1n) is 6.87. The zero-order valence-corrected chi connectivity index (χ0v) is 26.3. The average molecular weight is 681 g/mol. The molecule has 0 N–H and O–H groups in total. The van der Waals surface area contributed by atoms with Gasteiger partial charge in [0.15, 0.2) is 0 Å². The van der Waals surface area contributed by atoms with Crippen molar-refractivity contribution < 1.29 is 0 Å². The van der Waals surface area contributed by atoms with Crippen molar-refractivity contribution in [3.05, 3.63) is 34.4 Å². The SMILES string of the molecule is CSCc1cc(CSC)c(CSC)cc1CSC.Cl[As](Cl)Cl.Cl[As](Cl)Cl. The summed E-state index contributed by atoms with van der Waals surface area (Å²) < 4.78 is 0. The molecule has 0 saturated heterocycles. The van der Waals surface area contributed by atoms with Gasteiger partial charge in [0.05, 0.1) is 0 Å². The van der Waals surface area contributed by atoms with Crippen molar-refractivity contribution in [1.29, 1.82) is 0 Å². The van der Waals surface area contributed by atoms with Crippen LogP contribution < -0.4 is 0 Å². The van der Waals surface area contributed by atoms with Crippen LogP contribution in [-0.4, -0.2) is 48.7 Å². The molecule has 0 atom stereocenters. The molecule has 0 aliphatic rings. The van der Waals surface area contributed by atoms with Gasteiger partial charge in [-0.25, -0.2) is 0 Å². The second kappa shape index (κ2) is 21.7. The van der Waals surface area contributed by atoms with Gasteiger partial charge in [-0.05, 0) is 47.3 Å². The van der Waals surface area contributed by atoms with E-state index in [1.54, 1.807) is 0 Å². The molecule has 0 aliphatic carbocycles. The molecular weight excluding hydrogens is 659 g/mol. The Morgan fingerprint density at radius 1 is 0.538 bits per heavy atom. The molecular formula is C14H22As2Cl6S4. The molecule has 0 amide bonds. The van der Waals surface area contributed by atoms with Crippen LogP contribution >= 0.6 is 107 Å². The third-order valence-electron chi connectivity index (χ3n) is 2.72. The van der Waals surface area contributed by atoms with E-state index < -0.39 is 23.7 Å². The van der Waals surface area contributed by atoms with Crippen LogP contribution in [-0.2, 0) is 23.0 Å². The fraction of sp³-hybridized carbons (Fsp3) is 0.571. The number of thioether (sulfide) groups is 4. The Balaban J connectivity index is 0. The molecule has 0 aliphatic heterocycles. The first-order valence-corrected chi connectivity index (χ1v) is 27.2. The van der Waals surface area contributed by atoms with E-state index in [9.17, 15) is 0 Å². The second-order valence-electron chi connectivity index (χ2n) is 4.51. The third-order valence-corrected chi connectivity index (χ3v) is 5.12. The topological polar surface area (TPSA) is 0 Å². The van der Waals surface area contributed by atoms with Crippen LogP contribution in [0.4, 0.5) is 0 Å². The van der Waals surface area contributed by atoms with E-state index >= 15 is 0 Å². The molecule has 0 bridgehead atoms. The van der Waals surface area contributed by atoms with Crippen LogP contribution in [0.2, 0.25) is 0 Å². The van der Waals surface area contributed by atoms with Gasteiger partial charge in [0.1, 0.15) is 0 Å². The Kier molecular flexibility index (Phi) is 26.4. The number of rotatable bonds is 8. The minimum atomic E-state index is -1.77. The zero-order chi connectivity index (χ0) is 20.5. The fourth-order valence-corrected chi connectivity index (χ4v) is 4.27. The van der Waals surface area contributed by atoms with Gasteiger partial charge < -0.3 is 0 Å². The van der Waals surface area contributed by atoms with Crippen molar-refractivity contribution in [3.63, 3.8) is 0 Å². The van der Waals surface area contributed by atoms with Gasteiger partial charge in [-0.2, -0.15) is 47.0 Å². The van der Waals surface area contributed by atoms with E-state index in [0.29, 0.717) is 0 Å². The van der Waals surface area contributed by atoms with E-state index in [0.717, 1.165) is 23.0 Å². The molecule has 1 aromatic carbocycles. The van der Waals surface area contributed by atoms with Gasteiger partial charge in [-0.1, -0.05) is 12.1 Å². The molecule has 26 heavy (non-hydrogen) atoms. The van der Waals surface area contributed by atoms with Gasteiger partial charge in [0.2, 0.25) is 0 Å². The van der Waals surface area contributed by atoms with Crippen molar-refractivity contribution in [1.82, 2.24) is 0 Å². The third kappa shape index (κ3) is 19.4. The predicted molar refractivity (Wildman–Crippen MR) is 142 cm³/mol. The molecule has 154 valence electrons. The average Bonchev–Trinajstić information content (AvgIpc) is 2.51. The maximum absolute atomic E-state index is 4.95. The minimum absolute atomic E-state index is 1.14. The Hall–Kier alpha value is 3.48. The van der Waals surface area contributed by atoms with Crippen LogP contribution in [0.3, 0.4) is 0 Å². The molecule has 12 heteroatoms. The quantitative estimate of drug-likeness (QED) is 0.253. The van der Waals surface area contributed by atoms with Gasteiger partial charge in [0.25, 0.3) is 0 Å². The standard InChI is InChI=1S/C14H22S4.2AsCl3/c1-15-7-11-5-13(9-17-3)14(10-18-4)6-12(11)8-16-2;2*2-1(3)4/h5-6H,7-10H2,1-4H3;;. The number of hydrogen-bond acceptors (Lipinski definition) is 4. The summed E-state index contributed by atoms with van der Waals surface area (Å²) in [7, 11) is 29.7. The first kappa shape index (κ1) is 31.7. The summed E-state index contributed by atoms with van der Waals surface area (Å²) in [4.78, 5) is 0. The number of hydrogen-bond donors (Lipinski definition) is 0. The van der Waals surface area contributed by atoms with Crippen LogP contribution in [0.25, 0.3) is 0 Å². The summed E-state index contributed by atoms with van der Waals surface area (Å²) in [5, 5.41) is 0. The number of halogens is 6. The van der Waals surface area contributed by atoms with Crippen LogP contribution in [0, 0.1) is 0 Å². The Morgan fingerprint density at radius 3 is 0.808 bits per heavy atom. The molecule has 0 heterocycles. The van der Waals surface area contributed by atoms with E-state index in [1.165, 1.54) is 22.3 Å². The van der Waals surface area contributed by atoms with Gasteiger partial charge in [-0.3, -0.25) is 0 Å². The Bertz CT molecular complexity index is 392. The van der Waals surface area contributed by atoms with Crippen molar-refractivity contribution in [2.75, 3.05) is 25.0 Å². The van der Waals surface area contributed by atoms with Crippen molar-refractivity contribution in [3.8, 4) is 0 Å². The summed E-state index contributed by atoms with van der Waals surface area (Å²) in [5.41, 5.74) is 6.13. The molecule has 1 rings (SSSR count). The molecule has 0 aromatic heterocycles. The number of benzene rings is 1. The summed E-state index contributed by atoms with van der Waals surface area (Å²) in [5.74, 6) is 4.54. The van der Waals surface area contributed by atoms with Crippen LogP contribution in [0.5, 0.6) is 0 Å². The molecule has 0 saturated carbocycles. The molecule has 0 fully saturated rings. The van der Waals surface area contributed by atoms with Crippen molar-refractivity contribution >= 4 is 130 Å². The molecule has 0 radical (unpaired) electrons. The summed E-state index contributed by atoms with van der Waals surface area (Å²) in [6, 6.07) is 4.90. The molecule has 0 unspecified atom stereocenters. The van der Waals surface area contributed by atoms with E-state index in [-0.39, 0.29) is 0 Å². The Morgan fingerprint density at radius 2 is 0.692 bits per heavy atom. The summed E-state index contributed by atoms with van der Waals surface area (Å²) >= 11 is 4.14. The zero-order valence-electron chi connectivity index (χ0n) is 14.8. The Labute approximate surface area is 210 Å². The predicted octanol–water partition coefficient (Wildman–Crippen LogP) is 8.51. The van der Waals surface area contributed by atoms with Crippen molar-refractivity contribution in [2.45, 2.75) is 23.0 Å². The normalized spacial score (nSPS) is 10.3. The fourth-order valence-electron chi connectivity index (χ4n) is 1.95. The first-order chi connectivity index (χ1) is 12.2. The van der Waals surface area contributed by atoms with Gasteiger partial charge in [-0.15, -0.1) is 0 Å².